The van der Waals surface area contributed by atoms with E-state index in [1.165, 1.54) is 57.8 Å². The molecule has 0 spiro atoms. The monoisotopic (exact) mass is 276 g/mol. The highest BCUT2D eigenvalue weighted by Gasteiger charge is 2.59. The van der Waals surface area contributed by atoms with Gasteiger partial charge in [-0.1, -0.05) is 26.7 Å². The molecule has 4 saturated carbocycles. The van der Waals surface area contributed by atoms with Crippen LogP contribution in [-0.4, -0.2) is 11.2 Å². The molecule has 4 aliphatic carbocycles. The van der Waals surface area contributed by atoms with E-state index in [4.69, 9.17) is 0 Å². The average molecular weight is 276 g/mol. The molecule has 114 valence electrons. The number of fused-ring (bicyclic) bond motifs is 5. The second kappa shape index (κ2) is 4.48. The van der Waals surface area contributed by atoms with Crippen LogP contribution in [0.1, 0.15) is 78.1 Å². The van der Waals surface area contributed by atoms with E-state index >= 15 is 0 Å². The second-order valence-electron chi connectivity index (χ2n) is 9.04. The molecule has 4 aliphatic rings. The summed E-state index contributed by atoms with van der Waals surface area (Å²) in [4.78, 5) is 0. The summed E-state index contributed by atoms with van der Waals surface area (Å²) in [5, 5.41) is 10.5. The molecule has 4 fully saturated rings. The van der Waals surface area contributed by atoms with Gasteiger partial charge in [0.05, 0.1) is 6.10 Å². The molecule has 0 aromatic heterocycles. The first-order chi connectivity index (χ1) is 9.56. The van der Waals surface area contributed by atoms with Crippen molar-refractivity contribution in [1.82, 2.24) is 0 Å². The van der Waals surface area contributed by atoms with Crippen LogP contribution in [-0.2, 0) is 0 Å². The van der Waals surface area contributed by atoms with Gasteiger partial charge in [-0.2, -0.15) is 0 Å². The number of rotatable bonds is 0. The van der Waals surface area contributed by atoms with Crippen molar-refractivity contribution in [3.8, 4) is 0 Å². The predicted molar refractivity (Wildman–Crippen MR) is 82.4 cm³/mol. The topological polar surface area (TPSA) is 20.2 Å². The summed E-state index contributed by atoms with van der Waals surface area (Å²) >= 11 is 0. The van der Waals surface area contributed by atoms with Crippen LogP contribution >= 0.6 is 0 Å². The van der Waals surface area contributed by atoms with Gasteiger partial charge in [-0.15, -0.1) is 0 Å². The zero-order valence-corrected chi connectivity index (χ0v) is 13.4. The van der Waals surface area contributed by atoms with Gasteiger partial charge in [-0.25, -0.2) is 0 Å². The van der Waals surface area contributed by atoms with Crippen molar-refractivity contribution in [2.75, 3.05) is 0 Å². The summed E-state index contributed by atoms with van der Waals surface area (Å²) in [5.74, 6) is 3.76. The molecule has 0 aliphatic heterocycles. The molecular weight excluding hydrogens is 244 g/mol. The zero-order valence-electron chi connectivity index (χ0n) is 13.4. The van der Waals surface area contributed by atoms with Crippen LogP contribution in [0.5, 0.6) is 0 Å². The van der Waals surface area contributed by atoms with Gasteiger partial charge in [0.15, 0.2) is 0 Å². The van der Waals surface area contributed by atoms with Crippen molar-refractivity contribution in [1.29, 1.82) is 0 Å². The average Bonchev–Trinajstić information content (AvgIpc) is 2.74. The van der Waals surface area contributed by atoms with Gasteiger partial charge in [0, 0.05) is 0 Å². The van der Waals surface area contributed by atoms with E-state index < -0.39 is 0 Å². The molecule has 0 bridgehead atoms. The lowest BCUT2D eigenvalue weighted by Gasteiger charge is -2.60. The highest BCUT2D eigenvalue weighted by Crippen LogP contribution is 2.66. The summed E-state index contributed by atoms with van der Waals surface area (Å²) in [6.45, 7) is 5.04. The fraction of sp³-hybridized carbons (Fsp3) is 1.00. The Morgan fingerprint density at radius 2 is 1.55 bits per heavy atom. The molecule has 0 amide bonds. The highest BCUT2D eigenvalue weighted by atomic mass is 16.3. The second-order valence-corrected chi connectivity index (χ2v) is 9.04. The Hall–Kier alpha value is -0.0400. The third-order valence-electron chi connectivity index (χ3n) is 8.53. The summed E-state index contributed by atoms with van der Waals surface area (Å²) < 4.78 is 0. The fourth-order valence-corrected chi connectivity index (χ4v) is 7.27. The minimum atomic E-state index is -0.00895. The largest absolute Gasteiger partial charge is 0.393 e. The summed E-state index contributed by atoms with van der Waals surface area (Å²) in [6.07, 6.45) is 14.0. The summed E-state index contributed by atoms with van der Waals surface area (Å²) in [7, 11) is 0. The maximum atomic E-state index is 10.5. The molecule has 1 heteroatoms. The van der Waals surface area contributed by atoms with Crippen LogP contribution in [0, 0.1) is 34.5 Å². The SMILES string of the molecule is C[C@]12CCCC[C@@H]1CC[C@H]1[C@H]2CC[C@@]2(C)[C@@H]1CC[C@@H]2O. The lowest BCUT2D eigenvalue weighted by Crippen LogP contribution is -2.53. The minimum absolute atomic E-state index is 0.00895. The Bertz CT molecular complexity index is 391. The molecule has 0 unspecified atom stereocenters. The molecule has 20 heavy (non-hydrogen) atoms. The van der Waals surface area contributed by atoms with Crippen LogP contribution in [0.2, 0.25) is 0 Å². The standard InChI is InChI=1S/C19H32O/c1-18-11-4-3-5-13(18)6-7-14-15-8-9-17(20)19(15,2)12-10-16(14)18/h13-17,20H,3-12H2,1-2H3/t13-,14-,15-,16-,17+,18+,19+/m1/s1. The smallest absolute Gasteiger partial charge is 0.0596 e. The highest BCUT2D eigenvalue weighted by molar-refractivity contribution is 5.08. The van der Waals surface area contributed by atoms with Crippen LogP contribution in [0.25, 0.3) is 0 Å². The molecule has 1 N–H and O–H groups in total. The normalized spacial score (nSPS) is 58.6. The Labute approximate surface area is 124 Å². The van der Waals surface area contributed by atoms with Crippen molar-refractivity contribution in [2.45, 2.75) is 84.2 Å². The van der Waals surface area contributed by atoms with Gasteiger partial charge in [0.1, 0.15) is 0 Å². The Balaban J connectivity index is 1.64. The maximum absolute atomic E-state index is 10.5. The molecule has 0 saturated heterocycles. The summed E-state index contributed by atoms with van der Waals surface area (Å²) in [6, 6.07) is 0. The maximum Gasteiger partial charge on any atom is 0.0596 e. The third kappa shape index (κ3) is 1.65. The van der Waals surface area contributed by atoms with Crippen LogP contribution in [0.3, 0.4) is 0 Å². The van der Waals surface area contributed by atoms with E-state index in [1.54, 1.807) is 0 Å². The van der Waals surface area contributed by atoms with Crippen LogP contribution < -0.4 is 0 Å². The van der Waals surface area contributed by atoms with Crippen LogP contribution in [0.4, 0.5) is 0 Å². The van der Waals surface area contributed by atoms with Crippen molar-refractivity contribution >= 4 is 0 Å². The lowest BCUT2D eigenvalue weighted by atomic mass is 9.45. The molecule has 0 radical (unpaired) electrons. The fourth-order valence-electron chi connectivity index (χ4n) is 7.27. The van der Waals surface area contributed by atoms with Gasteiger partial charge in [0.2, 0.25) is 0 Å². The lowest BCUT2D eigenvalue weighted by molar-refractivity contribution is -0.120. The molecule has 4 rings (SSSR count). The van der Waals surface area contributed by atoms with Crippen molar-refractivity contribution in [3.05, 3.63) is 0 Å². The Morgan fingerprint density at radius 3 is 2.40 bits per heavy atom. The van der Waals surface area contributed by atoms with E-state index in [0.717, 1.165) is 30.1 Å². The number of aliphatic hydroxyl groups is 1. The van der Waals surface area contributed by atoms with Gasteiger partial charge < -0.3 is 5.11 Å². The van der Waals surface area contributed by atoms with Crippen LogP contribution in [0.15, 0.2) is 0 Å². The Kier molecular flexibility index (Phi) is 3.05. The first-order valence-corrected chi connectivity index (χ1v) is 9.24. The van der Waals surface area contributed by atoms with E-state index in [1.807, 2.05) is 0 Å². The molecular formula is C19H32O. The van der Waals surface area contributed by atoms with E-state index in [9.17, 15) is 5.11 Å². The minimum Gasteiger partial charge on any atom is -0.393 e. The van der Waals surface area contributed by atoms with Gasteiger partial charge >= 0.3 is 0 Å². The number of hydrogen-bond acceptors (Lipinski definition) is 1. The first-order valence-electron chi connectivity index (χ1n) is 9.24. The number of aliphatic hydroxyl groups excluding tert-OH is 1. The van der Waals surface area contributed by atoms with E-state index in [-0.39, 0.29) is 11.5 Å². The zero-order chi connectivity index (χ0) is 14.0. The van der Waals surface area contributed by atoms with Gasteiger partial charge in [-0.3, -0.25) is 0 Å². The molecule has 0 aromatic carbocycles. The molecule has 7 atom stereocenters. The van der Waals surface area contributed by atoms with Gasteiger partial charge in [-0.05, 0) is 85.9 Å². The van der Waals surface area contributed by atoms with E-state index in [0.29, 0.717) is 5.41 Å². The Morgan fingerprint density at radius 1 is 0.750 bits per heavy atom. The third-order valence-corrected chi connectivity index (χ3v) is 8.53. The predicted octanol–water partition coefficient (Wildman–Crippen LogP) is 4.78. The molecule has 1 nitrogen and oxygen atoms in total. The van der Waals surface area contributed by atoms with Crippen molar-refractivity contribution < 1.29 is 5.11 Å². The summed E-state index contributed by atoms with van der Waals surface area (Å²) in [5.41, 5.74) is 0.912. The first kappa shape index (κ1) is 13.6. The molecule has 0 heterocycles. The van der Waals surface area contributed by atoms with Crippen molar-refractivity contribution in [3.63, 3.8) is 0 Å². The van der Waals surface area contributed by atoms with E-state index in [2.05, 4.69) is 13.8 Å². The quantitative estimate of drug-likeness (QED) is 0.675. The van der Waals surface area contributed by atoms with Gasteiger partial charge in [0.25, 0.3) is 0 Å². The van der Waals surface area contributed by atoms with Crippen molar-refractivity contribution in [2.24, 2.45) is 34.5 Å². The number of hydrogen-bond donors (Lipinski definition) is 1. The molecule has 0 aromatic rings.